The highest BCUT2D eigenvalue weighted by atomic mass is 32.2. The summed E-state index contributed by atoms with van der Waals surface area (Å²) in [6.45, 7) is 1.18. The van der Waals surface area contributed by atoms with Gasteiger partial charge in [0.05, 0.1) is 28.7 Å². The lowest BCUT2D eigenvalue weighted by molar-refractivity contribution is -0.131. The van der Waals surface area contributed by atoms with Crippen molar-refractivity contribution in [2.45, 2.75) is 19.1 Å². The fourth-order valence-corrected chi connectivity index (χ4v) is 3.39. The number of benzene rings is 2. The van der Waals surface area contributed by atoms with Crippen LogP contribution in [0.5, 0.6) is 23.0 Å². The lowest BCUT2D eigenvalue weighted by atomic mass is 10.1. The summed E-state index contributed by atoms with van der Waals surface area (Å²) in [6.07, 6.45) is -1.44. The quantitative estimate of drug-likeness (QED) is 0.193. The number of hydrogen-bond donors (Lipinski definition) is 8. The van der Waals surface area contributed by atoms with Gasteiger partial charge in [-0.1, -0.05) is 12.1 Å². The fourth-order valence-electron chi connectivity index (χ4n) is 2.77. The van der Waals surface area contributed by atoms with E-state index in [1.807, 2.05) is 10.6 Å². The van der Waals surface area contributed by atoms with Crippen molar-refractivity contribution in [1.82, 2.24) is 16.0 Å². The second-order valence-corrected chi connectivity index (χ2v) is 8.31. The SMILES string of the molecule is C[C@@H](O)[C@H](NC(=O)c1cccc(O)c1O)C(=O)NC(=O)CSCC(=O)NC(=O)c1cccc(O)c1O. The summed E-state index contributed by atoms with van der Waals surface area (Å²) in [7, 11) is 0. The van der Waals surface area contributed by atoms with E-state index in [2.05, 4.69) is 5.32 Å². The third-order valence-electron chi connectivity index (χ3n) is 4.55. The average molecular weight is 522 g/mol. The van der Waals surface area contributed by atoms with Crippen LogP contribution in [0.4, 0.5) is 0 Å². The van der Waals surface area contributed by atoms with Crippen LogP contribution in [-0.2, 0) is 14.4 Å². The first kappa shape index (κ1) is 27.9. The van der Waals surface area contributed by atoms with Gasteiger partial charge < -0.3 is 30.8 Å². The Morgan fingerprint density at radius 2 is 1.25 bits per heavy atom. The molecule has 13 nitrogen and oxygen atoms in total. The number of aliphatic hydroxyl groups excluding tert-OH is 1. The molecule has 192 valence electrons. The number of imide groups is 2. The van der Waals surface area contributed by atoms with Gasteiger partial charge in [-0.3, -0.25) is 34.6 Å². The third-order valence-corrected chi connectivity index (χ3v) is 5.48. The molecule has 0 aromatic heterocycles. The average Bonchev–Trinajstić information content (AvgIpc) is 2.80. The Hall–Kier alpha value is -4.30. The minimum Gasteiger partial charge on any atom is -0.504 e. The Morgan fingerprint density at radius 1 is 0.778 bits per heavy atom. The van der Waals surface area contributed by atoms with Gasteiger partial charge in [-0.15, -0.1) is 11.8 Å². The number of phenols is 4. The number of carbonyl (C=O) groups excluding carboxylic acids is 5. The van der Waals surface area contributed by atoms with Crippen LogP contribution in [0.2, 0.25) is 0 Å². The normalized spacial score (nSPS) is 12.2. The molecule has 0 unspecified atom stereocenters. The largest absolute Gasteiger partial charge is 0.504 e. The van der Waals surface area contributed by atoms with Gasteiger partial charge in [-0.25, -0.2) is 0 Å². The summed E-state index contributed by atoms with van der Waals surface area (Å²) in [5.74, 6) is -8.04. The second-order valence-electron chi connectivity index (χ2n) is 7.32. The Labute approximate surface area is 208 Å². The Bertz CT molecular complexity index is 1180. The van der Waals surface area contributed by atoms with E-state index in [1.165, 1.54) is 31.2 Å². The molecule has 2 atom stereocenters. The van der Waals surface area contributed by atoms with Gasteiger partial charge in [-0.05, 0) is 31.2 Å². The molecule has 0 aliphatic heterocycles. The van der Waals surface area contributed by atoms with Crippen LogP contribution >= 0.6 is 11.8 Å². The predicted octanol–water partition coefficient (Wildman–Crippen LogP) is -0.679. The maximum Gasteiger partial charge on any atom is 0.261 e. The van der Waals surface area contributed by atoms with E-state index in [-0.39, 0.29) is 16.9 Å². The Morgan fingerprint density at radius 3 is 1.75 bits per heavy atom. The molecule has 2 aromatic rings. The monoisotopic (exact) mass is 521 g/mol. The van der Waals surface area contributed by atoms with Gasteiger partial charge >= 0.3 is 0 Å². The Kier molecular flexibility index (Phi) is 9.64. The van der Waals surface area contributed by atoms with E-state index in [0.29, 0.717) is 0 Å². The van der Waals surface area contributed by atoms with E-state index in [4.69, 9.17) is 0 Å². The van der Waals surface area contributed by atoms with Crippen molar-refractivity contribution in [3.05, 3.63) is 47.5 Å². The molecule has 0 saturated heterocycles. The molecule has 0 fully saturated rings. The first-order valence-corrected chi connectivity index (χ1v) is 11.3. The van der Waals surface area contributed by atoms with Crippen LogP contribution in [0, 0.1) is 0 Å². The number of para-hydroxylation sites is 2. The van der Waals surface area contributed by atoms with Crippen LogP contribution in [0.1, 0.15) is 27.6 Å². The van der Waals surface area contributed by atoms with Crippen molar-refractivity contribution in [2.24, 2.45) is 0 Å². The maximum atomic E-state index is 12.4. The summed E-state index contributed by atoms with van der Waals surface area (Å²) in [5, 5.41) is 54.3. The van der Waals surface area contributed by atoms with Gasteiger partial charge in [0, 0.05) is 0 Å². The van der Waals surface area contributed by atoms with E-state index in [9.17, 15) is 49.5 Å². The molecule has 8 N–H and O–H groups in total. The van der Waals surface area contributed by atoms with Crippen LogP contribution in [0.3, 0.4) is 0 Å². The number of hydrogen-bond acceptors (Lipinski definition) is 11. The molecule has 2 aromatic carbocycles. The van der Waals surface area contributed by atoms with Gasteiger partial charge in [0.15, 0.2) is 23.0 Å². The number of rotatable bonds is 9. The van der Waals surface area contributed by atoms with Crippen molar-refractivity contribution in [3.8, 4) is 23.0 Å². The zero-order chi connectivity index (χ0) is 27.0. The smallest absolute Gasteiger partial charge is 0.261 e. The first-order chi connectivity index (χ1) is 16.9. The van der Waals surface area contributed by atoms with Crippen molar-refractivity contribution >= 4 is 41.3 Å². The summed E-state index contributed by atoms with van der Waals surface area (Å²) in [6, 6.07) is 5.60. The standard InChI is InChI=1S/C22H23N3O10S/c1-10(26)17(25-21(34)12-5-3-7-14(28)19(12)32)22(35)24-16(30)9-36-8-15(29)23-20(33)11-4-2-6-13(27)18(11)31/h2-7,10,17,26-28,31-32H,8-9H2,1H3,(H,25,34)(H,23,29,33)(H,24,30,35)/t10-,17+/m1/s1. The van der Waals surface area contributed by atoms with Crippen LogP contribution in [0.15, 0.2) is 36.4 Å². The molecule has 0 bridgehead atoms. The van der Waals surface area contributed by atoms with Gasteiger partial charge in [0.1, 0.15) is 6.04 Å². The summed E-state index contributed by atoms with van der Waals surface area (Å²) >= 11 is 0.739. The topological polar surface area (TPSA) is 223 Å². The Balaban J connectivity index is 1.85. The lowest BCUT2D eigenvalue weighted by Crippen LogP contribution is -2.53. The zero-order valence-corrected chi connectivity index (χ0v) is 19.5. The van der Waals surface area contributed by atoms with E-state index < -0.39 is 70.4 Å². The van der Waals surface area contributed by atoms with Gasteiger partial charge in [0.25, 0.3) is 17.7 Å². The molecular weight excluding hydrogens is 498 g/mol. The highest BCUT2D eigenvalue weighted by Crippen LogP contribution is 2.28. The van der Waals surface area contributed by atoms with E-state index in [0.717, 1.165) is 23.9 Å². The summed E-state index contributed by atoms with van der Waals surface area (Å²) in [5.41, 5.74) is -0.697. The minimum atomic E-state index is -1.59. The highest BCUT2D eigenvalue weighted by Gasteiger charge is 2.28. The minimum absolute atomic E-state index is 0.332. The van der Waals surface area contributed by atoms with Crippen LogP contribution in [0.25, 0.3) is 0 Å². The molecular formula is C22H23N3O10S. The van der Waals surface area contributed by atoms with E-state index in [1.54, 1.807) is 0 Å². The van der Waals surface area contributed by atoms with Gasteiger partial charge in [0.2, 0.25) is 11.8 Å². The van der Waals surface area contributed by atoms with Gasteiger partial charge in [-0.2, -0.15) is 0 Å². The summed E-state index contributed by atoms with van der Waals surface area (Å²) < 4.78 is 0. The summed E-state index contributed by atoms with van der Waals surface area (Å²) in [4.78, 5) is 60.7. The molecule has 0 spiro atoms. The molecule has 5 amide bonds. The third kappa shape index (κ3) is 7.35. The highest BCUT2D eigenvalue weighted by molar-refractivity contribution is 8.00. The van der Waals surface area contributed by atoms with Crippen LogP contribution < -0.4 is 16.0 Å². The van der Waals surface area contributed by atoms with E-state index >= 15 is 0 Å². The van der Waals surface area contributed by atoms with Crippen molar-refractivity contribution < 1.29 is 49.5 Å². The first-order valence-electron chi connectivity index (χ1n) is 10.2. The number of carbonyl (C=O) groups is 5. The molecule has 36 heavy (non-hydrogen) atoms. The molecule has 14 heteroatoms. The number of aromatic hydroxyl groups is 4. The number of nitrogens with one attached hydrogen (secondary N) is 3. The fraction of sp³-hybridized carbons (Fsp3) is 0.227. The van der Waals surface area contributed by atoms with Crippen molar-refractivity contribution in [2.75, 3.05) is 11.5 Å². The van der Waals surface area contributed by atoms with Crippen LogP contribution in [-0.4, -0.2) is 78.7 Å². The molecule has 0 heterocycles. The molecule has 0 radical (unpaired) electrons. The lowest BCUT2D eigenvalue weighted by Gasteiger charge is -2.20. The molecule has 2 rings (SSSR count). The number of amides is 5. The predicted molar refractivity (Wildman–Crippen MR) is 125 cm³/mol. The molecule has 0 aliphatic rings. The molecule has 0 saturated carbocycles. The molecule has 0 aliphatic carbocycles. The van der Waals surface area contributed by atoms with Crippen molar-refractivity contribution in [3.63, 3.8) is 0 Å². The van der Waals surface area contributed by atoms with Crippen molar-refractivity contribution in [1.29, 1.82) is 0 Å². The zero-order valence-electron chi connectivity index (χ0n) is 18.7. The second kappa shape index (κ2) is 12.4. The maximum absolute atomic E-state index is 12.4. The number of aliphatic hydroxyl groups is 1. The number of phenolic OH excluding ortho intramolecular Hbond substituents is 4. The number of thioether (sulfide) groups is 1.